The molecule has 118 valence electrons. The molecule has 0 bridgehead atoms. The van der Waals surface area contributed by atoms with Gasteiger partial charge >= 0.3 is 0 Å². The predicted molar refractivity (Wildman–Crippen MR) is 74.6 cm³/mol. The molecule has 0 aromatic heterocycles. The van der Waals surface area contributed by atoms with Crippen LogP contribution in [0, 0.1) is 0 Å². The summed E-state index contributed by atoms with van der Waals surface area (Å²) in [5.74, 6) is 0. The maximum absolute atomic E-state index is 9.96. The van der Waals surface area contributed by atoms with Crippen molar-refractivity contribution in [1.29, 1.82) is 0 Å². The summed E-state index contributed by atoms with van der Waals surface area (Å²) in [6.45, 7) is 0.0906. The maximum Gasteiger partial charge on any atom is 0.184 e. The zero-order valence-electron chi connectivity index (χ0n) is 12.2. The van der Waals surface area contributed by atoms with Crippen molar-refractivity contribution in [2.75, 3.05) is 20.8 Å². The van der Waals surface area contributed by atoms with E-state index >= 15 is 0 Å². The van der Waals surface area contributed by atoms with E-state index in [1.165, 1.54) is 14.2 Å². The van der Waals surface area contributed by atoms with Gasteiger partial charge in [0.05, 0.1) is 13.2 Å². The Morgan fingerprint density at radius 1 is 1.05 bits per heavy atom. The summed E-state index contributed by atoms with van der Waals surface area (Å²) < 4.78 is 21.8. The molecule has 1 aliphatic heterocycles. The molecule has 0 saturated carbocycles. The topological polar surface area (TPSA) is 77.4 Å². The molecule has 1 aliphatic rings. The van der Waals surface area contributed by atoms with Gasteiger partial charge in [-0.25, -0.2) is 0 Å². The average Bonchev–Trinajstić information content (AvgIpc) is 2.53. The zero-order valence-corrected chi connectivity index (χ0v) is 12.2. The maximum atomic E-state index is 9.96. The van der Waals surface area contributed by atoms with Gasteiger partial charge in [-0.2, -0.15) is 0 Å². The Kier molecular flexibility index (Phi) is 6.10. The standard InChI is InChI=1S/C15H22O6/c1-18-12-11(8-16)21-15(17)14(19-2)13(12)20-9-10-6-4-3-5-7-10/h3-7,11-17H,8-9H2,1-2H3/t11-,12+,13+,14-,15+/m1/s1. The van der Waals surface area contributed by atoms with Gasteiger partial charge in [-0.15, -0.1) is 0 Å². The minimum absolute atomic E-state index is 0.267. The van der Waals surface area contributed by atoms with E-state index in [0.717, 1.165) is 5.56 Å². The highest BCUT2D eigenvalue weighted by Gasteiger charge is 2.46. The summed E-state index contributed by atoms with van der Waals surface area (Å²) in [7, 11) is 2.99. The fourth-order valence-corrected chi connectivity index (χ4v) is 2.53. The number of methoxy groups -OCH3 is 2. The Bertz CT molecular complexity index is 412. The third kappa shape index (κ3) is 3.79. The molecule has 0 aliphatic carbocycles. The largest absolute Gasteiger partial charge is 0.394 e. The van der Waals surface area contributed by atoms with E-state index in [0.29, 0.717) is 6.61 Å². The lowest BCUT2D eigenvalue weighted by atomic mass is 9.98. The van der Waals surface area contributed by atoms with Crippen molar-refractivity contribution in [3.8, 4) is 0 Å². The first-order valence-electron chi connectivity index (χ1n) is 6.86. The summed E-state index contributed by atoms with van der Waals surface area (Å²) in [6, 6.07) is 9.68. The Balaban J connectivity index is 2.10. The van der Waals surface area contributed by atoms with E-state index in [4.69, 9.17) is 18.9 Å². The van der Waals surface area contributed by atoms with Gasteiger partial charge in [-0.05, 0) is 5.56 Å². The van der Waals surface area contributed by atoms with Crippen molar-refractivity contribution in [3.05, 3.63) is 35.9 Å². The summed E-state index contributed by atoms with van der Waals surface area (Å²) in [6.07, 6.45) is -3.56. The molecule has 0 unspecified atom stereocenters. The molecule has 6 nitrogen and oxygen atoms in total. The first-order chi connectivity index (χ1) is 10.2. The number of aliphatic hydroxyl groups excluding tert-OH is 2. The van der Waals surface area contributed by atoms with E-state index in [-0.39, 0.29) is 6.61 Å². The van der Waals surface area contributed by atoms with Crippen LogP contribution in [0.3, 0.4) is 0 Å². The van der Waals surface area contributed by atoms with Gasteiger partial charge in [0.2, 0.25) is 0 Å². The van der Waals surface area contributed by atoms with Crippen LogP contribution in [0.2, 0.25) is 0 Å². The van der Waals surface area contributed by atoms with Crippen molar-refractivity contribution < 1.29 is 29.2 Å². The molecule has 2 rings (SSSR count). The molecule has 1 fully saturated rings. The van der Waals surface area contributed by atoms with Gasteiger partial charge in [0, 0.05) is 14.2 Å². The molecule has 0 radical (unpaired) electrons. The van der Waals surface area contributed by atoms with Crippen molar-refractivity contribution in [2.24, 2.45) is 0 Å². The second-order valence-electron chi connectivity index (χ2n) is 4.91. The van der Waals surface area contributed by atoms with E-state index in [9.17, 15) is 10.2 Å². The fourth-order valence-electron chi connectivity index (χ4n) is 2.53. The monoisotopic (exact) mass is 298 g/mol. The SMILES string of the molecule is CO[C@@H]1[C@@H](OCc2ccccc2)[C@@H](OC)[C@@H](CO)O[C@@H]1O. The molecule has 0 spiro atoms. The lowest BCUT2D eigenvalue weighted by molar-refractivity contribution is -0.304. The summed E-state index contributed by atoms with van der Waals surface area (Å²) in [4.78, 5) is 0. The highest BCUT2D eigenvalue weighted by molar-refractivity contribution is 5.13. The number of benzene rings is 1. The Labute approximate surface area is 124 Å². The molecule has 1 saturated heterocycles. The van der Waals surface area contributed by atoms with Crippen LogP contribution in [0.15, 0.2) is 30.3 Å². The Hall–Kier alpha value is -1.02. The van der Waals surface area contributed by atoms with Gasteiger partial charge < -0.3 is 29.2 Å². The normalized spacial score (nSPS) is 33.0. The van der Waals surface area contributed by atoms with E-state index in [1.54, 1.807) is 0 Å². The predicted octanol–water partition coefficient (Wildman–Crippen LogP) is 0.311. The molecular weight excluding hydrogens is 276 g/mol. The molecule has 2 N–H and O–H groups in total. The second-order valence-corrected chi connectivity index (χ2v) is 4.91. The van der Waals surface area contributed by atoms with Crippen molar-refractivity contribution >= 4 is 0 Å². The molecular formula is C15H22O6. The summed E-state index contributed by atoms with van der Waals surface area (Å²) in [5.41, 5.74) is 1.00. The molecule has 6 heteroatoms. The molecule has 1 heterocycles. The van der Waals surface area contributed by atoms with Crippen LogP contribution in [0.25, 0.3) is 0 Å². The minimum Gasteiger partial charge on any atom is -0.394 e. The lowest BCUT2D eigenvalue weighted by Crippen LogP contribution is -2.60. The Morgan fingerprint density at radius 3 is 2.29 bits per heavy atom. The van der Waals surface area contributed by atoms with Crippen molar-refractivity contribution in [3.63, 3.8) is 0 Å². The lowest BCUT2D eigenvalue weighted by Gasteiger charge is -2.43. The van der Waals surface area contributed by atoms with Gasteiger partial charge in [0.25, 0.3) is 0 Å². The molecule has 5 atom stereocenters. The van der Waals surface area contributed by atoms with Crippen LogP contribution in [0.4, 0.5) is 0 Å². The van der Waals surface area contributed by atoms with Crippen LogP contribution in [0.5, 0.6) is 0 Å². The van der Waals surface area contributed by atoms with Crippen LogP contribution >= 0.6 is 0 Å². The number of hydrogen-bond donors (Lipinski definition) is 2. The van der Waals surface area contributed by atoms with Crippen LogP contribution < -0.4 is 0 Å². The first-order valence-corrected chi connectivity index (χ1v) is 6.86. The number of hydrogen-bond acceptors (Lipinski definition) is 6. The fraction of sp³-hybridized carbons (Fsp3) is 0.600. The van der Waals surface area contributed by atoms with E-state index < -0.39 is 30.7 Å². The Morgan fingerprint density at radius 2 is 1.71 bits per heavy atom. The van der Waals surface area contributed by atoms with Gasteiger partial charge in [0.15, 0.2) is 6.29 Å². The second kappa shape index (κ2) is 7.84. The number of ether oxygens (including phenoxy) is 4. The minimum atomic E-state index is -1.17. The van der Waals surface area contributed by atoms with Crippen LogP contribution in [-0.4, -0.2) is 61.7 Å². The van der Waals surface area contributed by atoms with E-state index in [1.807, 2.05) is 30.3 Å². The van der Waals surface area contributed by atoms with Crippen LogP contribution in [0.1, 0.15) is 5.56 Å². The quantitative estimate of drug-likeness (QED) is 0.787. The van der Waals surface area contributed by atoms with Gasteiger partial charge in [-0.3, -0.25) is 0 Å². The third-order valence-corrected chi connectivity index (χ3v) is 3.62. The number of rotatable bonds is 6. The van der Waals surface area contributed by atoms with Crippen molar-refractivity contribution in [2.45, 2.75) is 37.3 Å². The number of aliphatic hydroxyl groups is 2. The highest BCUT2D eigenvalue weighted by atomic mass is 16.7. The van der Waals surface area contributed by atoms with Gasteiger partial charge in [-0.1, -0.05) is 30.3 Å². The smallest absolute Gasteiger partial charge is 0.184 e. The first kappa shape index (κ1) is 16.4. The highest BCUT2D eigenvalue weighted by Crippen LogP contribution is 2.27. The van der Waals surface area contributed by atoms with Gasteiger partial charge in [0.1, 0.15) is 24.4 Å². The molecule has 1 aromatic rings. The molecule has 0 amide bonds. The summed E-state index contributed by atoms with van der Waals surface area (Å²) in [5, 5.41) is 19.3. The summed E-state index contributed by atoms with van der Waals surface area (Å²) >= 11 is 0. The zero-order chi connectivity index (χ0) is 15.2. The van der Waals surface area contributed by atoms with E-state index in [2.05, 4.69) is 0 Å². The third-order valence-electron chi connectivity index (χ3n) is 3.62. The average molecular weight is 298 g/mol. The van der Waals surface area contributed by atoms with Crippen LogP contribution in [-0.2, 0) is 25.6 Å². The molecule has 21 heavy (non-hydrogen) atoms. The van der Waals surface area contributed by atoms with Crippen molar-refractivity contribution in [1.82, 2.24) is 0 Å². The molecule has 1 aromatic carbocycles.